The fourth-order valence-corrected chi connectivity index (χ4v) is 4.13. The summed E-state index contributed by atoms with van der Waals surface area (Å²) in [5.41, 5.74) is 1.21. The Morgan fingerprint density at radius 3 is 2.41 bits per heavy atom. The molecular formula is C24H34N5O4S+. The van der Waals surface area contributed by atoms with Gasteiger partial charge in [0.2, 0.25) is 5.84 Å². The molecule has 2 heterocycles. The summed E-state index contributed by atoms with van der Waals surface area (Å²) in [5, 5.41) is 15.6. The summed E-state index contributed by atoms with van der Waals surface area (Å²) in [6.07, 6.45) is 1.77. The van der Waals surface area contributed by atoms with E-state index in [2.05, 4.69) is 55.7 Å². The highest BCUT2D eigenvalue weighted by Crippen LogP contribution is 2.34. The Kier molecular flexibility index (Phi) is 7.05. The van der Waals surface area contributed by atoms with E-state index in [0.29, 0.717) is 5.84 Å². The maximum atomic E-state index is 12.4. The van der Waals surface area contributed by atoms with Crippen LogP contribution in [0.1, 0.15) is 69.3 Å². The van der Waals surface area contributed by atoms with Gasteiger partial charge in [-0.3, -0.25) is 10.1 Å². The molecule has 0 fully saturated rings. The average molecular weight is 489 g/mol. The van der Waals surface area contributed by atoms with E-state index >= 15 is 0 Å². The number of phenols is 1. The van der Waals surface area contributed by atoms with Gasteiger partial charge < -0.3 is 19.7 Å². The summed E-state index contributed by atoms with van der Waals surface area (Å²) in [5.74, 6) is 0.877. The van der Waals surface area contributed by atoms with Crippen LogP contribution in [0.2, 0.25) is 0 Å². The van der Waals surface area contributed by atoms with Crippen LogP contribution < -0.4 is 10.6 Å². The molecule has 9 nitrogen and oxygen atoms in total. The Labute approximate surface area is 203 Å². The van der Waals surface area contributed by atoms with Crippen molar-refractivity contribution >= 4 is 34.4 Å². The third-order valence-electron chi connectivity index (χ3n) is 5.56. The molecule has 0 radical (unpaired) electrons. The van der Waals surface area contributed by atoms with Crippen molar-refractivity contribution in [1.29, 1.82) is 0 Å². The van der Waals surface area contributed by atoms with Crippen molar-refractivity contribution in [3.8, 4) is 5.75 Å². The monoisotopic (exact) mass is 488 g/mol. The molecule has 184 valence electrons. The molecule has 1 aliphatic rings. The number of hydrogen-bond donors (Lipinski definition) is 3. The summed E-state index contributed by atoms with van der Waals surface area (Å²) in [6.45, 7) is 12.6. The van der Waals surface area contributed by atoms with Gasteiger partial charge in [-0.15, -0.1) is 8.80 Å². The number of phenolic OH excluding ortho intramolecular Hbond substituents is 1. The van der Waals surface area contributed by atoms with Gasteiger partial charge in [0.1, 0.15) is 0 Å². The molecule has 2 unspecified atom stereocenters. The minimum Gasteiger partial charge on any atom is -0.505 e. The largest absolute Gasteiger partial charge is 0.505 e. The first-order valence-electron chi connectivity index (χ1n) is 11.0. The standard InChI is InChI=1S/C24H33N5O4S/c1-23(2,3)14-12-17(33-13-14)19(24(4,5)6)26-21-20(27-34(32)28-21)25-16-11-9-10-15(18(16)30)22(31)29(7)8/h9-13,19,30H,1-8H3,(H,25,27)(H,26,28)/p+1. The third-order valence-corrected chi connectivity index (χ3v) is 6.26. The first-order chi connectivity index (χ1) is 15.7. The first kappa shape index (κ1) is 25.6. The van der Waals surface area contributed by atoms with Crippen LogP contribution in [0.25, 0.3) is 0 Å². The second-order valence-electron chi connectivity index (χ2n) is 10.7. The van der Waals surface area contributed by atoms with Crippen molar-refractivity contribution in [1.82, 2.24) is 4.90 Å². The van der Waals surface area contributed by atoms with Gasteiger partial charge in [-0.05, 0) is 29.2 Å². The van der Waals surface area contributed by atoms with Gasteiger partial charge in [0.05, 0.1) is 17.5 Å². The molecule has 0 saturated carbocycles. The van der Waals surface area contributed by atoms with Crippen molar-refractivity contribution in [2.75, 3.05) is 19.4 Å². The van der Waals surface area contributed by atoms with Gasteiger partial charge in [0.25, 0.3) is 22.9 Å². The van der Waals surface area contributed by atoms with Crippen LogP contribution in [0.15, 0.2) is 43.7 Å². The molecule has 4 N–H and O–H groups in total. The molecular weight excluding hydrogens is 454 g/mol. The highest BCUT2D eigenvalue weighted by atomic mass is 32.2. The van der Waals surface area contributed by atoms with E-state index in [4.69, 9.17) is 4.42 Å². The highest BCUT2D eigenvalue weighted by Gasteiger charge is 2.38. The lowest BCUT2D eigenvalue weighted by atomic mass is 9.83. The van der Waals surface area contributed by atoms with Gasteiger partial charge in [0, 0.05) is 19.5 Å². The van der Waals surface area contributed by atoms with Gasteiger partial charge >= 0.3 is 0 Å². The summed E-state index contributed by atoms with van der Waals surface area (Å²) < 4.78 is 26.5. The van der Waals surface area contributed by atoms with Crippen LogP contribution in [-0.2, 0) is 16.6 Å². The van der Waals surface area contributed by atoms with Crippen molar-refractivity contribution in [2.24, 2.45) is 14.2 Å². The molecule has 0 saturated heterocycles. The number of nitrogens with two attached hydrogens (primary N) is 1. The molecule has 1 aliphatic heterocycles. The van der Waals surface area contributed by atoms with E-state index in [1.807, 2.05) is 11.4 Å². The summed E-state index contributed by atoms with van der Waals surface area (Å²) in [4.78, 5) is 13.8. The lowest BCUT2D eigenvalue weighted by molar-refractivity contribution is -0.604. The van der Waals surface area contributed by atoms with Crippen molar-refractivity contribution in [3.05, 3.63) is 47.4 Å². The number of nitrogens with one attached hydrogen (secondary N) is 1. The van der Waals surface area contributed by atoms with Gasteiger partial charge in [-0.2, -0.15) is 0 Å². The van der Waals surface area contributed by atoms with Crippen LogP contribution in [0.4, 0.5) is 5.69 Å². The minimum absolute atomic E-state index is 0.0583. The number of carbonyl (C=O) groups excluding carboxylic acids is 1. The SMILES string of the molecule is CN(C)C(=O)c1cccc(NC2=NS(=O)N=C2[NH2+]C(c2cc(C(C)(C)C)co2)C(C)(C)C)c1O. The Bertz CT molecular complexity index is 1170. The van der Waals surface area contributed by atoms with Crippen LogP contribution in [0.5, 0.6) is 5.75 Å². The molecule has 1 aromatic carbocycles. The second kappa shape index (κ2) is 9.34. The second-order valence-corrected chi connectivity index (χ2v) is 11.5. The van der Waals surface area contributed by atoms with Crippen LogP contribution >= 0.6 is 0 Å². The average Bonchev–Trinajstić information content (AvgIpc) is 3.33. The number of aromatic hydroxyl groups is 1. The molecule has 3 rings (SSSR count). The number of quaternary nitrogens is 1. The third kappa shape index (κ3) is 5.56. The Balaban J connectivity index is 1.90. The number of benzene rings is 1. The van der Waals surface area contributed by atoms with Crippen molar-refractivity contribution in [3.63, 3.8) is 0 Å². The van der Waals surface area contributed by atoms with E-state index in [-0.39, 0.29) is 45.6 Å². The maximum Gasteiger partial charge on any atom is 0.279 e. The molecule has 2 aromatic rings. The number of furan rings is 1. The van der Waals surface area contributed by atoms with E-state index in [1.54, 1.807) is 32.5 Å². The number of para-hydroxylation sites is 1. The molecule has 1 amide bonds. The quantitative estimate of drug-likeness (QED) is 0.571. The number of hydrogen-bond acceptors (Lipinski definition) is 5. The molecule has 0 bridgehead atoms. The lowest BCUT2D eigenvalue weighted by Gasteiger charge is -2.26. The zero-order valence-electron chi connectivity index (χ0n) is 21.0. The van der Waals surface area contributed by atoms with Gasteiger partial charge in [0.15, 0.2) is 17.6 Å². The zero-order chi connectivity index (χ0) is 25.4. The van der Waals surface area contributed by atoms with Crippen LogP contribution in [0, 0.1) is 5.41 Å². The van der Waals surface area contributed by atoms with Crippen LogP contribution in [0.3, 0.4) is 0 Å². The van der Waals surface area contributed by atoms with E-state index in [1.165, 1.54) is 11.0 Å². The molecule has 2 atom stereocenters. The number of anilines is 1. The Hall–Kier alpha value is -2.98. The lowest BCUT2D eigenvalue weighted by Crippen LogP contribution is -2.92. The number of amidine groups is 2. The number of rotatable bonds is 4. The predicted octanol–water partition coefficient (Wildman–Crippen LogP) is 3.14. The van der Waals surface area contributed by atoms with Crippen molar-refractivity contribution < 1.29 is 23.8 Å². The summed E-state index contributed by atoms with van der Waals surface area (Å²) >= 11 is -1.80. The fraction of sp³-hybridized carbons (Fsp3) is 0.458. The Morgan fingerprint density at radius 2 is 1.85 bits per heavy atom. The summed E-state index contributed by atoms with van der Waals surface area (Å²) in [7, 11) is 3.22. The molecule has 10 heteroatoms. The molecule has 34 heavy (non-hydrogen) atoms. The fourth-order valence-electron chi connectivity index (χ4n) is 3.48. The number of nitrogens with zero attached hydrogens (tertiary/aromatic N) is 3. The van der Waals surface area contributed by atoms with E-state index in [9.17, 15) is 14.1 Å². The van der Waals surface area contributed by atoms with Crippen LogP contribution in [-0.4, -0.2) is 45.9 Å². The molecule has 0 spiro atoms. The summed E-state index contributed by atoms with van der Waals surface area (Å²) in [6, 6.07) is 6.68. The first-order valence-corrected chi connectivity index (χ1v) is 12.1. The Morgan fingerprint density at radius 1 is 1.18 bits per heavy atom. The zero-order valence-corrected chi connectivity index (χ0v) is 21.8. The van der Waals surface area contributed by atoms with Gasteiger partial charge in [-0.1, -0.05) is 47.6 Å². The minimum atomic E-state index is -1.80. The maximum absolute atomic E-state index is 12.4. The number of carbonyl (C=O) groups is 1. The molecule has 1 aromatic heterocycles. The topological polar surface area (TPSA) is 124 Å². The molecule has 0 aliphatic carbocycles. The predicted molar refractivity (Wildman–Crippen MR) is 134 cm³/mol. The van der Waals surface area contributed by atoms with E-state index < -0.39 is 11.2 Å². The number of amides is 1. The normalized spacial score (nSPS) is 17.2. The van der Waals surface area contributed by atoms with Gasteiger partial charge in [-0.25, -0.2) is 4.21 Å². The highest BCUT2D eigenvalue weighted by molar-refractivity contribution is 7.83. The van der Waals surface area contributed by atoms with E-state index in [0.717, 1.165) is 11.3 Å². The smallest absolute Gasteiger partial charge is 0.279 e. The van der Waals surface area contributed by atoms with Crippen molar-refractivity contribution in [2.45, 2.75) is 53.0 Å².